The van der Waals surface area contributed by atoms with Crippen LogP contribution >= 0.6 is 0 Å². The Kier molecular flexibility index (Phi) is 11.6. The van der Waals surface area contributed by atoms with Crippen LogP contribution in [-0.2, 0) is 38.4 Å². The molecule has 0 radical (unpaired) electrons. The summed E-state index contributed by atoms with van der Waals surface area (Å²) in [6.45, 7) is 3.71. The number of aromatic hydroxyl groups is 2. The first-order valence-corrected chi connectivity index (χ1v) is 13.9. The average molecular weight is 595 g/mol. The van der Waals surface area contributed by atoms with Gasteiger partial charge in [-0.3, -0.25) is 14.4 Å². The Morgan fingerprint density at radius 1 is 0.791 bits per heavy atom. The van der Waals surface area contributed by atoms with Gasteiger partial charge in [0.25, 0.3) is 0 Å². The topological polar surface area (TPSA) is 220 Å². The maximum atomic E-state index is 13.7. The molecule has 0 aliphatic rings. The molecular formula is C30H38N6O7. The highest BCUT2D eigenvalue weighted by Gasteiger charge is 2.31. The van der Waals surface area contributed by atoms with E-state index in [1.165, 1.54) is 36.8 Å². The molecule has 0 spiro atoms. The lowest BCUT2D eigenvalue weighted by atomic mass is 9.98. The zero-order valence-corrected chi connectivity index (χ0v) is 24.0. The average Bonchev–Trinajstić information content (AvgIpc) is 3.50. The van der Waals surface area contributed by atoms with E-state index < -0.39 is 47.9 Å². The molecule has 1 heterocycles. The van der Waals surface area contributed by atoms with Gasteiger partial charge in [0.2, 0.25) is 17.7 Å². The van der Waals surface area contributed by atoms with Gasteiger partial charge in [-0.2, -0.15) is 0 Å². The predicted octanol–water partition coefficient (Wildman–Crippen LogP) is 0.761. The number of amides is 3. The van der Waals surface area contributed by atoms with E-state index in [9.17, 15) is 34.5 Å². The molecule has 0 saturated carbocycles. The van der Waals surface area contributed by atoms with Gasteiger partial charge in [0.05, 0.1) is 12.4 Å². The van der Waals surface area contributed by atoms with Crippen molar-refractivity contribution >= 4 is 23.7 Å². The lowest BCUT2D eigenvalue weighted by molar-refractivity contribution is -0.142. The number of H-pyrrole nitrogens is 1. The third-order valence-corrected chi connectivity index (χ3v) is 7.17. The Bertz CT molecular complexity index is 1360. The maximum absolute atomic E-state index is 13.7. The largest absolute Gasteiger partial charge is 0.508 e. The van der Waals surface area contributed by atoms with Crippen LogP contribution < -0.4 is 21.7 Å². The molecular weight excluding hydrogens is 556 g/mol. The van der Waals surface area contributed by atoms with Gasteiger partial charge in [0, 0.05) is 31.2 Å². The Balaban J connectivity index is 1.87. The second-order valence-electron chi connectivity index (χ2n) is 10.5. The van der Waals surface area contributed by atoms with E-state index in [0.29, 0.717) is 23.2 Å². The number of aromatic amines is 1. The van der Waals surface area contributed by atoms with E-state index >= 15 is 0 Å². The summed E-state index contributed by atoms with van der Waals surface area (Å²) in [7, 11) is 0. The van der Waals surface area contributed by atoms with Crippen LogP contribution in [0.2, 0.25) is 0 Å². The minimum absolute atomic E-state index is 0.00797. The molecule has 5 atom stereocenters. The number of nitrogens with two attached hydrogens (primary N) is 1. The number of benzene rings is 2. The number of aliphatic carboxylic acids is 1. The summed E-state index contributed by atoms with van der Waals surface area (Å²) in [5.74, 6) is -3.41. The number of nitrogens with zero attached hydrogens (tertiary/aromatic N) is 1. The first-order valence-electron chi connectivity index (χ1n) is 13.9. The lowest BCUT2D eigenvalue weighted by Crippen LogP contribution is -2.58. The van der Waals surface area contributed by atoms with Crippen LogP contribution in [-0.4, -0.2) is 73.1 Å². The van der Waals surface area contributed by atoms with Crippen molar-refractivity contribution in [2.75, 3.05) is 0 Å². The smallest absolute Gasteiger partial charge is 0.326 e. The van der Waals surface area contributed by atoms with Gasteiger partial charge in [-0.1, -0.05) is 44.5 Å². The Labute approximate surface area is 248 Å². The minimum atomic E-state index is -1.33. The molecule has 3 aromatic rings. The highest BCUT2D eigenvalue weighted by atomic mass is 16.4. The summed E-state index contributed by atoms with van der Waals surface area (Å²) in [6.07, 6.45) is 3.38. The van der Waals surface area contributed by atoms with Gasteiger partial charge in [-0.05, 0) is 41.3 Å². The molecule has 1 aromatic heterocycles. The molecule has 0 aliphatic heterocycles. The highest BCUT2D eigenvalue weighted by molar-refractivity contribution is 5.94. The molecule has 0 fully saturated rings. The minimum Gasteiger partial charge on any atom is -0.508 e. The maximum Gasteiger partial charge on any atom is 0.326 e. The van der Waals surface area contributed by atoms with Crippen LogP contribution in [0, 0.1) is 5.92 Å². The van der Waals surface area contributed by atoms with E-state index in [-0.39, 0.29) is 36.7 Å². The fourth-order valence-electron chi connectivity index (χ4n) is 4.30. The highest BCUT2D eigenvalue weighted by Crippen LogP contribution is 2.15. The molecule has 43 heavy (non-hydrogen) atoms. The molecule has 3 amide bonds. The first-order chi connectivity index (χ1) is 20.5. The number of aromatic nitrogens is 2. The van der Waals surface area contributed by atoms with Gasteiger partial charge >= 0.3 is 5.97 Å². The number of nitrogens with one attached hydrogen (secondary N) is 4. The van der Waals surface area contributed by atoms with Gasteiger partial charge in [0.1, 0.15) is 29.6 Å². The number of hydrogen-bond acceptors (Lipinski definition) is 8. The van der Waals surface area contributed by atoms with Crippen LogP contribution in [0.4, 0.5) is 0 Å². The third kappa shape index (κ3) is 9.85. The SMILES string of the molecule is CCC(C)C(N)C(=O)NC(Cc1ccc(O)cc1)C(=O)NC(Cc1ccc(O)cc1)C(=O)NC(Cc1cnc[nH]1)C(=O)O. The Morgan fingerprint density at radius 2 is 1.26 bits per heavy atom. The van der Waals surface area contributed by atoms with E-state index in [0.717, 1.165) is 0 Å². The standard InChI is InChI=1S/C30H38N6O7/c1-3-17(2)26(31)29(41)35-24(13-19-6-10-22(38)11-7-19)27(39)34-23(12-18-4-8-21(37)9-5-18)28(40)36-25(30(42)43)14-20-15-32-16-33-20/h4-11,15-17,23-26,37-38H,3,12-14,31H2,1-2H3,(H,32,33)(H,34,39)(H,35,41)(H,36,40)(H,42,43). The fraction of sp³-hybridized carbons (Fsp3) is 0.367. The molecule has 2 aromatic carbocycles. The van der Waals surface area contributed by atoms with Crippen molar-refractivity contribution in [2.24, 2.45) is 11.7 Å². The molecule has 0 bridgehead atoms. The number of phenols is 2. The summed E-state index contributed by atoms with van der Waals surface area (Å²) in [4.78, 5) is 58.8. The monoisotopic (exact) mass is 594 g/mol. The van der Waals surface area contributed by atoms with Crippen LogP contribution in [0.3, 0.4) is 0 Å². The second kappa shape index (κ2) is 15.4. The van der Waals surface area contributed by atoms with Crippen molar-refractivity contribution in [3.63, 3.8) is 0 Å². The Morgan fingerprint density at radius 3 is 1.67 bits per heavy atom. The quantitative estimate of drug-likeness (QED) is 0.124. The molecule has 13 nitrogen and oxygen atoms in total. The van der Waals surface area contributed by atoms with E-state index in [2.05, 4.69) is 25.9 Å². The summed E-state index contributed by atoms with van der Waals surface area (Å²) in [6, 6.07) is 7.49. The van der Waals surface area contributed by atoms with Crippen LogP contribution in [0.25, 0.3) is 0 Å². The third-order valence-electron chi connectivity index (χ3n) is 7.17. The summed E-state index contributed by atoms with van der Waals surface area (Å²) in [5, 5.41) is 36.9. The van der Waals surface area contributed by atoms with Gasteiger partial charge in [-0.25, -0.2) is 9.78 Å². The second-order valence-corrected chi connectivity index (χ2v) is 10.5. The van der Waals surface area contributed by atoms with Crippen molar-refractivity contribution < 1.29 is 34.5 Å². The normalized spacial score (nSPS) is 14.5. The van der Waals surface area contributed by atoms with Crippen molar-refractivity contribution in [3.8, 4) is 11.5 Å². The lowest BCUT2D eigenvalue weighted by Gasteiger charge is -2.26. The number of carbonyl (C=O) groups is 4. The van der Waals surface area contributed by atoms with E-state index in [1.807, 2.05) is 13.8 Å². The van der Waals surface area contributed by atoms with Gasteiger partial charge in [0.15, 0.2) is 0 Å². The number of rotatable bonds is 15. The van der Waals surface area contributed by atoms with Crippen molar-refractivity contribution in [1.29, 1.82) is 0 Å². The van der Waals surface area contributed by atoms with Crippen molar-refractivity contribution in [3.05, 3.63) is 77.9 Å². The van der Waals surface area contributed by atoms with E-state index in [4.69, 9.17) is 5.73 Å². The number of imidazole rings is 1. The fourth-order valence-corrected chi connectivity index (χ4v) is 4.30. The molecule has 13 heteroatoms. The molecule has 0 saturated heterocycles. The summed E-state index contributed by atoms with van der Waals surface area (Å²) < 4.78 is 0. The van der Waals surface area contributed by atoms with Gasteiger partial charge < -0.3 is 42.0 Å². The first kappa shape index (κ1) is 32.6. The van der Waals surface area contributed by atoms with Crippen LogP contribution in [0.5, 0.6) is 11.5 Å². The van der Waals surface area contributed by atoms with Crippen LogP contribution in [0.1, 0.15) is 37.1 Å². The Hall–Kier alpha value is -4.91. The van der Waals surface area contributed by atoms with E-state index in [1.54, 1.807) is 24.3 Å². The summed E-state index contributed by atoms with van der Waals surface area (Å²) in [5.41, 5.74) is 7.80. The number of carboxylic acids is 1. The molecule has 0 aliphatic carbocycles. The van der Waals surface area contributed by atoms with Crippen LogP contribution in [0.15, 0.2) is 61.1 Å². The molecule has 9 N–H and O–H groups in total. The molecule has 230 valence electrons. The van der Waals surface area contributed by atoms with Crippen molar-refractivity contribution in [2.45, 2.75) is 63.7 Å². The van der Waals surface area contributed by atoms with Crippen molar-refractivity contribution in [1.82, 2.24) is 25.9 Å². The molecule has 3 rings (SSSR count). The number of phenolic OH excluding ortho intramolecular Hbond substituents is 2. The number of carboxylic acid groups (broad SMARTS) is 1. The number of carbonyl (C=O) groups excluding carboxylic acids is 3. The summed E-state index contributed by atoms with van der Waals surface area (Å²) >= 11 is 0. The zero-order chi connectivity index (χ0) is 31.5. The van der Waals surface area contributed by atoms with Gasteiger partial charge in [-0.15, -0.1) is 0 Å². The molecule has 5 unspecified atom stereocenters. The number of hydrogen-bond donors (Lipinski definition) is 8. The predicted molar refractivity (Wildman–Crippen MR) is 157 cm³/mol. The zero-order valence-electron chi connectivity index (χ0n) is 24.0.